The number of alkyl halides is 3. The van der Waals surface area contributed by atoms with Crippen LogP contribution in [0.25, 0.3) is 10.9 Å². The summed E-state index contributed by atoms with van der Waals surface area (Å²) in [6, 6.07) is 2.51. The van der Waals surface area contributed by atoms with Gasteiger partial charge in [-0.1, -0.05) is 32.4 Å². The molecule has 1 aliphatic heterocycles. The van der Waals surface area contributed by atoms with E-state index in [0.717, 1.165) is 15.8 Å². The van der Waals surface area contributed by atoms with Crippen molar-refractivity contribution in [1.82, 2.24) is 30.0 Å². The normalized spacial score (nSPS) is 18.1. The Morgan fingerprint density at radius 3 is 2.59 bits per heavy atom. The summed E-state index contributed by atoms with van der Waals surface area (Å²) in [6.07, 6.45) is -6.06. The molecule has 3 heterocycles. The lowest BCUT2D eigenvalue weighted by molar-refractivity contribution is 0.0898. The van der Waals surface area contributed by atoms with Gasteiger partial charge in [0.2, 0.25) is 0 Å². The smallest absolute Gasteiger partial charge is 0.407 e. The molecule has 37 heavy (non-hydrogen) atoms. The monoisotopic (exact) mass is 541 g/mol. The number of aromatic amines is 1. The number of aromatic nitrogens is 4. The fraction of sp³-hybridized carbons (Fsp3) is 0.478. The number of amides is 2. The highest BCUT2D eigenvalue weighted by Crippen LogP contribution is 2.35. The zero-order valence-electron chi connectivity index (χ0n) is 20.6. The number of hydrogen-bond acceptors (Lipinski definition) is 5. The molecule has 2 amide bonds. The standard InChI is InChI=1S/C23H27ClF3N7O3/c1-23(2,3)11-5-10-14(6-12(11)24)31-32-20(10)28-7-16-30-17(19(26)27)18(33(16)4)21(35)29-15-9-34(22(36)37)8-13(15)25/h5-6,13,15,19H,7-9H2,1-4H3,(H,29,35)(H,36,37)(H2,28,31,32)/t13-,15-/m0/s1. The van der Waals surface area contributed by atoms with Crippen LogP contribution >= 0.6 is 11.6 Å². The van der Waals surface area contributed by atoms with Crippen molar-refractivity contribution in [3.8, 4) is 0 Å². The first kappa shape index (κ1) is 26.6. The number of carbonyl (C=O) groups is 2. The van der Waals surface area contributed by atoms with E-state index in [9.17, 15) is 22.8 Å². The maximum absolute atomic E-state index is 14.3. The summed E-state index contributed by atoms with van der Waals surface area (Å²) in [4.78, 5) is 28.7. The first-order chi connectivity index (χ1) is 17.3. The minimum atomic E-state index is -3.07. The van der Waals surface area contributed by atoms with Gasteiger partial charge in [-0.25, -0.2) is 22.9 Å². The van der Waals surface area contributed by atoms with Crippen LogP contribution in [0.5, 0.6) is 0 Å². The topological polar surface area (TPSA) is 128 Å². The number of hydrogen-bond donors (Lipinski definition) is 4. The van der Waals surface area contributed by atoms with Gasteiger partial charge in [0.15, 0.2) is 5.82 Å². The van der Waals surface area contributed by atoms with Gasteiger partial charge in [-0.15, -0.1) is 0 Å². The largest absolute Gasteiger partial charge is 0.465 e. The zero-order valence-corrected chi connectivity index (χ0v) is 21.3. The van der Waals surface area contributed by atoms with Gasteiger partial charge in [-0.2, -0.15) is 5.10 Å². The highest BCUT2D eigenvalue weighted by atomic mass is 35.5. The molecule has 0 bridgehead atoms. The van der Waals surface area contributed by atoms with Crippen LogP contribution in [0.3, 0.4) is 0 Å². The van der Waals surface area contributed by atoms with E-state index in [1.54, 1.807) is 6.07 Å². The van der Waals surface area contributed by atoms with Gasteiger partial charge in [0, 0.05) is 24.0 Å². The molecule has 200 valence electrons. The van der Waals surface area contributed by atoms with Crippen LogP contribution in [0.2, 0.25) is 5.02 Å². The number of carboxylic acid groups (broad SMARTS) is 1. The Balaban J connectivity index is 1.57. The number of nitrogens with zero attached hydrogens (tertiary/aromatic N) is 4. The number of benzene rings is 1. The molecule has 1 saturated heterocycles. The Morgan fingerprint density at radius 2 is 2.00 bits per heavy atom. The molecule has 0 radical (unpaired) electrons. The molecule has 3 aromatic rings. The number of halogens is 4. The molecule has 10 nitrogen and oxygen atoms in total. The number of H-pyrrole nitrogens is 1. The Kier molecular flexibility index (Phi) is 7.01. The number of likely N-dealkylation sites (tertiary alicyclic amines) is 1. The summed E-state index contributed by atoms with van der Waals surface area (Å²) in [6.45, 7) is 5.33. The number of rotatable bonds is 6. The molecule has 1 aliphatic rings. The predicted octanol–water partition coefficient (Wildman–Crippen LogP) is 4.23. The second-order valence-electron chi connectivity index (χ2n) is 9.96. The lowest BCUT2D eigenvalue weighted by Crippen LogP contribution is -2.42. The first-order valence-corrected chi connectivity index (χ1v) is 11.8. The molecule has 2 aromatic heterocycles. The van der Waals surface area contributed by atoms with Crippen LogP contribution in [-0.2, 0) is 19.0 Å². The quantitative estimate of drug-likeness (QED) is 0.370. The van der Waals surface area contributed by atoms with Gasteiger partial charge >= 0.3 is 6.09 Å². The van der Waals surface area contributed by atoms with Crippen LogP contribution in [-0.4, -0.2) is 67.1 Å². The Bertz CT molecular complexity index is 1350. The summed E-state index contributed by atoms with van der Waals surface area (Å²) < 4.78 is 43.0. The third-order valence-corrected chi connectivity index (χ3v) is 6.66. The van der Waals surface area contributed by atoms with Gasteiger partial charge in [0.1, 0.15) is 23.4 Å². The van der Waals surface area contributed by atoms with Crippen molar-refractivity contribution in [2.75, 3.05) is 18.4 Å². The van der Waals surface area contributed by atoms with Gasteiger partial charge in [0.25, 0.3) is 12.3 Å². The van der Waals surface area contributed by atoms with Crippen molar-refractivity contribution < 1.29 is 27.9 Å². The summed E-state index contributed by atoms with van der Waals surface area (Å²) in [7, 11) is 1.40. The van der Waals surface area contributed by atoms with Gasteiger partial charge in [-0.3, -0.25) is 9.89 Å². The summed E-state index contributed by atoms with van der Waals surface area (Å²) >= 11 is 6.42. The predicted molar refractivity (Wildman–Crippen MR) is 131 cm³/mol. The molecular weight excluding hydrogens is 515 g/mol. The zero-order chi connectivity index (χ0) is 27.2. The van der Waals surface area contributed by atoms with E-state index >= 15 is 0 Å². The van der Waals surface area contributed by atoms with Crippen LogP contribution in [0, 0.1) is 0 Å². The lowest BCUT2D eigenvalue weighted by atomic mass is 9.86. The van der Waals surface area contributed by atoms with Gasteiger partial charge < -0.3 is 25.2 Å². The van der Waals surface area contributed by atoms with E-state index in [1.807, 2.05) is 26.8 Å². The number of nitrogens with one attached hydrogen (secondary N) is 3. The molecule has 0 spiro atoms. The highest BCUT2D eigenvalue weighted by Gasteiger charge is 2.38. The molecule has 0 saturated carbocycles. The van der Waals surface area contributed by atoms with Crippen molar-refractivity contribution in [3.05, 3.63) is 39.9 Å². The van der Waals surface area contributed by atoms with E-state index in [4.69, 9.17) is 16.7 Å². The number of carbonyl (C=O) groups excluding carboxylic acids is 1. The molecule has 4 N–H and O–H groups in total. The first-order valence-electron chi connectivity index (χ1n) is 11.5. The second kappa shape index (κ2) is 9.77. The third-order valence-electron chi connectivity index (χ3n) is 6.34. The van der Waals surface area contributed by atoms with Crippen molar-refractivity contribution in [3.63, 3.8) is 0 Å². The van der Waals surface area contributed by atoms with Gasteiger partial charge in [-0.05, 0) is 23.1 Å². The van der Waals surface area contributed by atoms with E-state index in [2.05, 4.69) is 25.8 Å². The second-order valence-corrected chi connectivity index (χ2v) is 10.4. The van der Waals surface area contributed by atoms with Gasteiger partial charge in [0.05, 0.1) is 24.6 Å². The van der Waals surface area contributed by atoms with E-state index < -0.39 is 48.6 Å². The minimum absolute atomic E-state index is 0.0428. The van der Waals surface area contributed by atoms with E-state index in [-0.39, 0.29) is 24.3 Å². The minimum Gasteiger partial charge on any atom is -0.465 e. The molecule has 14 heteroatoms. The molecule has 2 atom stereocenters. The average molecular weight is 542 g/mol. The van der Waals surface area contributed by atoms with Crippen LogP contribution in [0.4, 0.5) is 23.8 Å². The van der Waals surface area contributed by atoms with Crippen molar-refractivity contribution in [2.45, 2.75) is 51.4 Å². The Morgan fingerprint density at radius 1 is 1.30 bits per heavy atom. The molecule has 4 rings (SSSR count). The average Bonchev–Trinajstić information content (AvgIpc) is 3.46. The van der Waals surface area contributed by atoms with Crippen LogP contribution in [0.15, 0.2) is 12.1 Å². The fourth-order valence-electron chi connectivity index (χ4n) is 4.35. The maximum atomic E-state index is 14.3. The Hall–Kier alpha value is -3.48. The van der Waals surface area contributed by atoms with Crippen LogP contribution < -0.4 is 10.6 Å². The van der Waals surface area contributed by atoms with E-state index in [0.29, 0.717) is 16.4 Å². The van der Waals surface area contributed by atoms with E-state index in [1.165, 1.54) is 11.6 Å². The summed E-state index contributed by atoms with van der Waals surface area (Å²) in [5.74, 6) is -0.395. The number of anilines is 1. The molecule has 0 unspecified atom stereocenters. The van der Waals surface area contributed by atoms with Crippen molar-refractivity contribution in [1.29, 1.82) is 0 Å². The molecule has 0 aliphatic carbocycles. The lowest BCUT2D eigenvalue weighted by Gasteiger charge is -2.20. The van der Waals surface area contributed by atoms with Crippen LogP contribution in [0.1, 0.15) is 54.8 Å². The number of imidazole rings is 1. The molecule has 1 aromatic carbocycles. The SMILES string of the molecule is Cn1c(CNc2n[nH]c3cc(Cl)c(C(C)(C)C)cc23)nc(C(F)F)c1C(=O)N[C@H]1CN(C(=O)O)C[C@@H]1F. The van der Waals surface area contributed by atoms with Crippen molar-refractivity contribution >= 4 is 40.3 Å². The number of fused-ring (bicyclic) bond motifs is 1. The summed E-state index contributed by atoms with van der Waals surface area (Å²) in [5.41, 5.74) is 0.173. The fourth-order valence-corrected chi connectivity index (χ4v) is 4.80. The van der Waals surface area contributed by atoms with Crippen molar-refractivity contribution in [2.24, 2.45) is 7.05 Å². The molecular formula is C23H27ClF3N7O3. The molecule has 1 fully saturated rings. The Labute approximate surface area is 215 Å². The third kappa shape index (κ3) is 5.17. The highest BCUT2D eigenvalue weighted by molar-refractivity contribution is 6.32. The summed E-state index contributed by atoms with van der Waals surface area (Å²) in [5, 5.41) is 22.9. The maximum Gasteiger partial charge on any atom is 0.407 e.